The number of carbonyl (C=O) groups excluding carboxylic acids is 2. The van der Waals surface area contributed by atoms with Crippen LogP contribution in [-0.4, -0.2) is 23.3 Å². The topological polar surface area (TPSA) is 71.1 Å². The lowest BCUT2D eigenvalue weighted by Gasteiger charge is -2.03. The third-order valence-corrected chi connectivity index (χ3v) is 3.94. The molecule has 0 atom stereocenters. The van der Waals surface area contributed by atoms with Gasteiger partial charge < -0.3 is 10.6 Å². The van der Waals surface area contributed by atoms with Crippen molar-refractivity contribution in [2.75, 3.05) is 11.9 Å². The van der Waals surface area contributed by atoms with E-state index in [-0.39, 0.29) is 11.8 Å². The first kappa shape index (κ1) is 16.2. The highest BCUT2D eigenvalue weighted by atomic mass is 32.1. The Bertz CT molecular complexity index is 650. The van der Waals surface area contributed by atoms with Crippen LogP contribution in [0.15, 0.2) is 29.6 Å². The number of nitrogens with one attached hydrogen (secondary N) is 2. The van der Waals surface area contributed by atoms with Crippen LogP contribution in [0.1, 0.15) is 25.3 Å². The Morgan fingerprint density at radius 2 is 1.95 bits per heavy atom. The highest BCUT2D eigenvalue weighted by Gasteiger charge is 2.06. The highest BCUT2D eigenvalue weighted by molar-refractivity contribution is 7.09. The molecule has 0 radical (unpaired) electrons. The zero-order valence-electron chi connectivity index (χ0n) is 12.7. The van der Waals surface area contributed by atoms with Gasteiger partial charge in [0, 0.05) is 42.9 Å². The lowest BCUT2D eigenvalue weighted by molar-refractivity contribution is -0.120. The van der Waals surface area contributed by atoms with Crippen molar-refractivity contribution in [3.63, 3.8) is 0 Å². The average Bonchev–Trinajstić information content (AvgIpc) is 2.96. The molecule has 0 aliphatic carbocycles. The SMILES string of the molecule is CCC(=O)NCCc1nc(-c2ccc(NC(C)=O)cc2)cs1. The van der Waals surface area contributed by atoms with Gasteiger partial charge in [-0.25, -0.2) is 4.98 Å². The highest BCUT2D eigenvalue weighted by Crippen LogP contribution is 2.23. The quantitative estimate of drug-likeness (QED) is 0.860. The minimum absolute atomic E-state index is 0.0605. The third kappa shape index (κ3) is 4.66. The van der Waals surface area contributed by atoms with Crippen LogP contribution >= 0.6 is 11.3 Å². The van der Waals surface area contributed by atoms with Gasteiger partial charge in [0.1, 0.15) is 0 Å². The molecule has 0 saturated heterocycles. The molecule has 6 heteroatoms. The van der Waals surface area contributed by atoms with Crippen LogP contribution in [0.4, 0.5) is 5.69 Å². The van der Waals surface area contributed by atoms with Crippen molar-refractivity contribution in [1.82, 2.24) is 10.3 Å². The molecule has 0 aliphatic heterocycles. The molecule has 0 saturated carbocycles. The second-order valence-corrected chi connectivity index (χ2v) is 5.78. The first-order chi connectivity index (χ1) is 10.6. The number of thiazole rings is 1. The summed E-state index contributed by atoms with van der Waals surface area (Å²) in [5, 5.41) is 8.58. The second kappa shape index (κ2) is 7.70. The molecule has 2 rings (SSSR count). The lowest BCUT2D eigenvalue weighted by Crippen LogP contribution is -2.24. The van der Waals surface area contributed by atoms with Crippen LogP contribution in [0.25, 0.3) is 11.3 Å². The number of rotatable bonds is 6. The first-order valence-electron chi connectivity index (χ1n) is 7.17. The maximum absolute atomic E-state index is 11.2. The molecule has 5 nitrogen and oxygen atoms in total. The van der Waals surface area contributed by atoms with Crippen LogP contribution in [0.3, 0.4) is 0 Å². The van der Waals surface area contributed by atoms with E-state index in [0.717, 1.165) is 28.4 Å². The Morgan fingerprint density at radius 1 is 1.23 bits per heavy atom. The molecular weight excluding hydrogens is 298 g/mol. The van der Waals surface area contributed by atoms with Crippen molar-refractivity contribution in [3.05, 3.63) is 34.7 Å². The van der Waals surface area contributed by atoms with E-state index in [9.17, 15) is 9.59 Å². The summed E-state index contributed by atoms with van der Waals surface area (Å²) >= 11 is 1.59. The molecule has 22 heavy (non-hydrogen) atoms. The van der Waals surface area contributed by atoms with Crippen molar-refractivity contribution in [2.24, 2.45) is 0 Å². The fourth-order valence-corrected chi connectivity index (χ4v) is 2.73. The summed E-state index contributed by atoms with van der Waals surface area (Å²) in [5.74, 6) is -0.0249. The molecule has 1 heterocycles. The maximum atomic E-state index is 11.2. The van der Waals surface area contributed by atoms with Gasteiger partial charge in [-0.15, -0.1) is 11.3 Å². The normalized spacial score (nSPS) is 10.3. The minimum Gasteiger partial charge on any atom is -0.356 e. The van der Waals surface area contributed by atoms with E-state index < -0.39 is 0 Å². The van der Waals surface area contributed by atoms with E-state index in [0.29, 0.717) is 13.0 Å². The number of nitrogens with zero attached hydrogens (tertiary/aromatic N) is 1. The lowest BCUT2D eigenvalue weighted by atomic mass is 10.1. The fraction of sp³-hybridized carbons (Fsp3) is 0.312. The maximum Gasteiger partial charge on any atom is 0.221 e. The smallest absolute Gasteiger partial charge is 0.221 e. The molecule has 1 aromatic carbocycles. The van der Waals surface area contributed by atoms with Gasteiger partial charge in [0.25, 0.3) is 0 Å². The van der Waals surface area contributed by atoms with Crippen molar-refractivity contribution in [3.8, 4) is 11.3 Å². The van der Waals surface area contributed by atoms with Crippen LogP contribution in [0, 0.1) is 0 Å². The summed E-state index contributed by atoms with van der Waals surface area (Å²) in [5.41, 5.74) is 2.69. The molecule has 1 aromatic heterocycles. The van der Waals surface area contributed by atoms with E-state index in [1.54, 1.807) is 11.3 Å². The third-order valence-electron chi connectivity index (χ3n) is 3.03. The Hall–Kier alpha value is -2.21. The molecule has 0 spiro atoms. The number of carbonyl (C=O) groups is 2. The first-order valence-corrected chi connectivity index (χ1v) is 8.05. The van der Waals surface area contributed by atoms with E-state index in [2.05, 4.69) is 15.6 Å². The van der Waals surface area contributed by atoms with Gasteiger partial charge in [0.2, 0.25) is 11.8 Å². The van der Waals surface area contributed by atoms with E-state index in [4.69, 9.17) is 0 Å². The number of hydrogen-bond acceptors (Lipinski definition) is 4. The molecule has 2 aromatic rings. The van der Waals surface area contributed by atoms with Gasteiger partial charge in [-0.1, -0.05) is 19.1 Å². The Labute approximate surface area is 133 Å². The van der Waals surface area contributed by atoms with Gasteiger partial charge in [-0.2, -0.15) is 0 Å². The van der Waals surface area contributed by atoms with Crippen molar-refractivity contribution < 1.29 is 9.59 Å². The minimum atomic E-state index is -0.0854. The fourth-order valence-electron chi connectivity index (χ4n) is 1.92. The van der Waals surface area contributed by atoms with E-state index >= 15 is 0 Å². The molecule has 2 N–H and O–H groups in total. The number of anilines is 1. The van der Waals surface area contributed by atoms with Gasteiger partial charge in [-0.3, -0.25) is 9.59 Å². The monoisotopic (exact) mass is 317 g/mol. The van der Waals surface area contributed by atoms with Gasteiger partial charge in [-0.05, 0) is 12.1 Å². The van der Waals surface area contributed by atoms with E-state index in [1.165, 1.54) is 6.92 Å². The summed E-state index contributed by atoms with van der Waals surface area (Å²) in [6.07, 6.45) is 1.24. The Balaban J connectivity index is 1.95. The molecule has 2 amide bonds. The second-order valence-electron chi connectivity index (χ2n) is 4.84. The molecule has 0 bridgehead atoms. The van der Waals surface area contributed by atoms with Gasteiger partial charge in [0.15, 0.2) is 0 Å². The zero-order valence-corrected chi connectivity index (χ0v) is 13.5. The molecule has 0 fully saturated rings. The van der Waals surface area contributed by atoms with Crippen molar-refractivity contribution in [1.29, 1.82) is 0 Å². The van der Waals surface area contributed by atoms with Crippen LogP contribution < -0.4 is 10.6 Å². The summed E-state index contributed by atoms with van der Waals surface area (Å²) < 4.78 is 0. The van der Waals surface area contributed by atoms with Crippen LogP contribution in [-0.2, 0) is 16.0 Å². The summed E-state index contributed by atoms with van der Waals surface area (Å²) in [6, 6.07) is 7.58. The molecule has 116 valence electrons. The number of amides is 2. The van der Waals surface area contributed by atoms with Gasteiger partial charge in [0.05, 0.1) is 10.7 Å². The Kier molecular flexibility index (Phi) is 5.66. The van der Waals surface area contributed by atoms with Crippen molar-refractivity contribution in [2.45, 2.75) is 26.7 Å². The summed E-state index contributed by atoms with van der Waals surface area (Å²) in [6.45, 7) is 3.93. The number of aromatic nitrogens is 1. The molecule has 0 aliphatic rings. The molecule has 0 unspecified atom stereocenters. The predicted molar refractivity (Wildman–Crippen MR) is 88.9 cm³/mol. The van der Waals surface area contributed by atoms with E-state index in [1.807, 2.05) is 36.6 Å². The zero-order chi connectivity index (χ0) is 15.9. The summed E-state index contributed by atoms with van der Waals surface area (Å²) in [7, 11) is 0. The summed E-state index contributed by atoms with van der Waals surface area (Å²) in [4.78, 5) is 26.7. The number of benzene rings is 1. The van der Waals surface area contributed by atoms with Crippen molar-refractivity contribution >= 4 is 28.8 Å². The van der Waals surface area contributed by atoms with Gasteiger partial charge >= 0.3 is 0 Å². The average molecular weight is 317 g/mol. The molecular formula is C16H19N3O2S. The van der Waals surface area contributed by atoms with Crippen LogP contribution in [0.2, 0.25) is 0 Å². The largest absolute Gasteiger partial charge is 0.356 e. The Morgan fingerprint density at radius 3 is 2.59 bits per heavy atom. The number of hydrogen-bond donors (Lipinski definition) is 2. The van der Waals surface area contributed by atoms with Crippen LogP contribution in [0.5, 0.6) is 0 Å². The standard InChI is InChI=1S/C16H19N3O2S/c1-3-15(21)17-9-8-16-19-14(10-22-16)12-4-6-13(7-5-12)18-11(2)20/h4-7,10H,3,8-9H2,1-2H3,(H,17,21)(H,18,20). The predicted octanol–water partition coefficient (Wildman–Crippen LogP) is 2.84.